The van der Waals surface area contributed by atoms with Crippen molar-refractivity contribution < 1.29 is 23.5 Å². The van der Waals surface area contributed by atoms with E-state index in [9.17, 15) is 14.4 Å². The average molecular weight is 445 g/mol. The summed E-state index contributed by atoms with van der Waals surface area (Å²) < 4.78 is 12.0. The molecule has 3 aromatic rings. The Balaban J connectivity index is 1.69. The van der Waals surface area contributed by atoms with Crippen LogP contribution < -0.4 is 5.43 Å². The second-order valence-electron chi connectivity index (χ2n) is 6.03. The second kappa shape index (κ2) is 8.26. The van der Waals surface area contributed by atoms with E-state index in [1.165, 1.54) is 10.7 Å². The lowest BCUT2D eigenvalue weighted by molar-refractivity contribution is 0.0442. The van der Waals surface area contributed by atoms with Crippen LogP contribution in [0.5, 0.6) is 0 Å². The molecule has 0 bridgehead atoms. The average Bonchev–Trinajstić information content (AvgIpc) is 3.25. The highest BCUT2D eigenvalue weighted by Gasteiger charge is 2.20. The molecule has 0 aliphatic carbocycles. The number of esters is 1. The predicted molar refractivity (Wildman–Crippen MR) is 105 cm³/mol. The molecule has 2 heterocycles. The maximum Gasteiger partial charge on any atom is 0.374 e. The smallest absolute Gasteiger partial charge is 0.374 e. The number of aryl methyl sites for hydroxylation is 1. The van der Waals surface area contributed by atoms with Gasteiger partial charge >= 0.3 is 5.97 Å². The van der Waals surface area contributed by atoms with Gasteiger partial charge in [-0.15, -0.1) is 0 Å². The largest absolute Gasteiger partial charge is 0.451 e. The van der Waals surface area contributed by atoms with Crippen molar-refractivity contribution in [1.82, 2.24) is 4.68 Å². The van der Waals surface area contributed by atoms with E-state index >= 15 is 0 Å². The molecule has 1 aromatic carbocycles. The van der Waals surface area contributed by atoms with Crippen molar-refractivity contribution >= 4 is 33.6 Å². The van der Waals surface area contributed by atoms with Gasteiger partial charge in [0.05, 0.1) is 0 Å². The summed E-state index contributed by atoms with van der Waals surface area (Å²) in [6, 6.07) is 13.4. The lowest BCUT2D eigenvalue weighted by Gasteiger charge is -2.11. The first-order valence-electron chi connectivity index (χ1n) is 8.38. The molecule has 0 saturated carbocycles. The number of hydrogen-bond donors (Lipinski definition) is 1. The van der Waals surface area contributed by atoms with Crippen LogP contribution in [0.4, 0.5) is 0 Å². The van der Waals surface area contributed by atoms with E-state index in [0.29, 0.717) is 27.2 Å². The molecule has 0 unspecified atom stereocenters. The first-order valence-corrected chi connectivity index (χ1v) is 9.17. The van der Waals surface area contributed by atoms with Crippen LogP contribution in [-0.2, 0) is 4.74 Å². The van der Waals surface area contributed by atoms with Crippen LogP contribution in [0.1, 0.15) is 42.7 Å². The van der Waals surface area contributed by atoms with Crippen LogP contribution >= 0.6 is 15.9 Å². The van der Waals surface area contributed by atoms with E-state index in [0.717, 1.165) is 0 Å². The maximum atomic E-state index is 12.5. The minimum Gasteiger partial charge on any atom is -0.451 e. The lowest BCUT2D eigenvalue weighted by Crippen LogP contribution is -2.25. The van der Waals surface area contributed by atoms with Gasteiger partial charge in [0.2, 0.25) is 11.5 Å². The number of benzene rings is 1. The Morgan fingerprint density at radius 2 is 1.82 bits per heavy atom. The van der Waals surface area contributed by atoms with E-state index in [1.54, 1.807) is 50.2 Å². The van der Waals surface area contributed by atoms with E-state index in [2.05, 4.69) is 21.4 Å². The third-order valence-corrected chi connectivity index (χ3v) is 4.52. The highest BCUT2D eigenvalue weighted by molar-refractivity contribution is 9.10. The number of aromatic nitrogens is 1. The Kier molecular flexibility index (Phi) is 5.79. The number of hydrogen-bond acceptors (Lipinski definition) is 5. The number of rotatable bonds is 6. The number of ether oxygens (including phenoxy) is 1. The Labute approximate surface area is 169 Å². The number of ketones is 1. The molecule has 144 valence electrons. The van der Waals surface area contributed by atoms with Crippen LogP contribution in [-0.4, -0.2) is 28.9 Å². The van der Waals surface area contributed by atoms with Crippen molar-refractivity contribution in [3.05, 3.63) is 81.5 Å². The summed E-state index contributed by atoms with van der Waals surface area (Å²) in [6.45, 7) is 3.03. The molecule has 0 aliphatic rings. The third-order valence-electron chi connectivity index (χ3n) is 4.09. The number of halogens is 1. The quantitative estimate of drug-likeness (QED) is 0.460. The van der Waals surface area contributed by atoms with Gasteiger partial charge in [-0.1, -0.05) is 18.2 Å². The highest BCUT2D eigenvalue weighted by atomic mass is 79.9. The first kappa shape index (κ1) is 19.6. The Bertz CT molecular complexity index is 1040. The topological polar surface area (TPSA) is 90.5 Å². The van der Waals surface area contributed by atoms with E-state index in [-0.39, 0.29) is 17.5 Å². The Morgan fingerprint density at radius 1 is 1.11 bits per heavy atom. The standard InChI is InChI=1S/C20H17BrN2O5/c1-12-10-15(16(24)11-27-20(26)17-8-9-18(21)28-17)13(2)23(12)22-19(25)14-6-4-3-5-7-14/h3-10H,11H2,1-2H3,(H,22,25). The molecule has 28 heavy (non-hydrogen) atoms. The van der Waals surface area contributed by atoms with Gasteiger partial charge < -0.3 is 9.15 Å². The minimum atomic E-state index is -0.731. The summed E-state index contributed by atoms with van der Waals surface area (Å²) in [5.74, 6) is -1.41. The number of furan rings is 1. The summed E-state index contributed by atoms with van der Waals surface area (Å²) >= 11 is 3.10. The zero-order valence-electron chi connectivity index (χ0n) is 15.2. The third kappa shape index (κ3) is 4.23. The van der Waals surface area contributed by atoms with Gasteiger partial charge in [0.1, 0.15) is 0 Å². The fourth-order valence-electron chi connectivity index (χ4n) is 2.68. The SMILES string of the molecule is Cc1cc(C(=O)COC(=O)c2ccc(Br)o2)c(C)n1NC(=O)c1ccccc1. The summed E-state index contributed by atoms with van der Waals surface area (Å²) in [5, 5.41) is 0. The maximum absolute atomic E-state index is 12.5. The molecule has 3 rings (SSSR count). The summed E-state index contributed by atoms with van der Waals surface area (Å²) in [6.07, 6.45) is 0. The van der Waals surface area contributed by atoms with Crippen molar-refractivity contribution in [2.75, 3.05) is 12.0 Å². The van der Waals surface area contributed by atoms with Crippen LogP contribution in [0.3, 0.4) is 0 Å². The zero-order chi connectivity index (χ0) is 20.3. The van der Waals surface area contributed by atoms with Gasteiger partial charge in [0.25, 0.3) is 5.91 Å². The number of carbonyl (C=O) groups excluding carboxylic acids is 3. The predicted octanol–water partition coefficient (Wildman–Crippen LogP) is 3.88. The molecule has 0 atom stereocenters. The number of nitrogens with zero attached hydrogens (tertiary/aromatic N) is 1. The van der Waals surface area contributed by atoms with Crippen LogP contribution in [0.15, 0.2) is 57.6 Å². The fourth-order valence-corrected chi connectivity index (χ4v) is 2.98. The molecule has 0 radical (unpaired) electrons. The fraction of sp³-hybridized carbons (Fsp3) is 0.150. The lowest BCUT2D eigenvalue weighted by atomic mass is 10.1. The van der Waals surface area contributed by atoms with Gasteiger partial charge in [-0.3, -0.25) is 19.7 Å². The van der Waals surface area contributed by atoms with Crippen LogP contribution in [0, 0.1) is 13.8 Å². The van der Waals surface area contributed by atoms with Crippen molar-refractivity contribution in [1.29, 1.82) is 0 Å². The number of nitrogens with one attached hydrogen (secondary N) is 1. The van der Waals surface area contributed by atoms with Crippen LogP contribution in [0.2, 0.25) is 0 Å². The number of carbonyl (C=O) groups is 3. The second-order valence-corrected chi connectivity index (χ2v) is 6.81. The molecule has 0 aliphatic heterocycles. The molecule has 7 nitrogen and oxygen atoms in total. The van der Waals surface area contributed by atoms with Gasteiger partial charge in [-0.05, 0) is 60.1 Å². The normalized spacial score (nSPS) is 10.5. The van der Waals surface area contributed by atoms with Crippen molar-refractivity contribution in [3.63, 3.8) is 0 Å². The monoisotopic (exact) mass is 444 g/mol. The van der Waals surface area contributed by atoms with Gasteiger partial charge in [-0.2, -0.15) is 0 Å². The first-order chi connectivity index (χ1) is 13.4. The Hall–Kier alpha value is -3.13. The molecular formula is C20H17BrN2O5. The summed E-state index contributed by atoms with van der Waals surface area (Å²) in [4.78, 5) is 36.8. The zero-order valence-corrected chi connectivity index (χ0v) is 16.8. The van der Waals surface area contributed by atoms with E-state index < -0.39 is 12.6 Å². The summed E-state index contributed by atoms with van der Waals surface area (Å²) in [7, 11) is 0. The molecule has 0 saturated heterocycles. The van der Waals surface area contributed by atoms with Gasteiger partial charge in [0.15, 0.2) is 11.3 Å². The van der Waals surface area contributed by atoms with Crippen molar-refractivity contribution in [2.24, 2.45) is 0 Å². The molecule has 1 N–H and O–H groups in total. The molecule has 0 fully saturated rings. The van der Waals surface area contributed by atoms with Crippen LogP contribution in [0.25, 0.3) is 0 Å². The van der Waals surface area contributed by atoms with Gasteiger partial charge in [-0.25, -0.2) is 4.79 Å². The molecular weight excluding hydrogens is 428 g/mol. The number of Topliss-reactive ketones (excluding diaryl/α,β-unsaturated/α-hetero) is 1. The van der Waals surface area contributed by atoms with Gasteiger partial charge in [0, 0.05) is 22.5 Å². The Morgan fingerprint density at radius 3 is 2.46 bits per heavy atom. The van der Waals surface area contributed by atoms with E-state index in [4.69, 9.17) is 9.15 Å². The molecule has 2 aromatic heterocycles. The highest BCUT2D eigenvalue weighted by Crippen LogP contribution is 2.17. The van der Waals surface area contributed by atoms with Crippen molar-refractivity contribution in [2.45, 2.75) is 13.8 Å². The van der Waals surface area contributed by atoms with E-state index in [1.807, 2.05) is 6.07 Å². The molecule has 1 amide bonds. The molecule has 0 spiro atoms. The summed E-state index contributed by atoms with van der Waals surface area (Å²) in [5.41, 5.74) is 4.84. The molecule has 8 heteroatoms. The van der Waals surface area contributed by atoms with Crippen molar-refractivity contribution in [3.8, 4) is 0 Å². The number of amides is 1. The minimum absolute atomic E-state index is 0.000252.